The fourth-order valence-corrected chi connectivity index (χ4v) is 2.89. The molecule has 0 fully saturated rings. The van der Waals surface area contributed by atoms with Crippen LogP contribution in [0.2, 0.25) is 0 Å². The van der Waals surface area contributed by atoms with Crippen molar-refractivity contribution in [2.75, 3.05) is 19.5 Å². The van der Waals surface area contributed by atoms with Crippen LogP contribution in [0.1, 0.15) is 28.4 Å². The SMILES string of the molecule is COc1cc(C2CC(=O)c3ccccc3N2)cc([N+](=O)[O-])c1OC. The molecule has 7 nitrogen and oxygen atoms in total. The largest absolute Gasteiger partial charge is 0.493 e. The van der Waals surface area contributed by atoms with E-state index < -0.39 is 4.92 Å². The van der Waals surface area contributed by atoms with Crippen molar-refractivity contribution < 1.29 is 19.2 Å². The highest BCUT2D eigenvalue weighted by atomic mass is 16.6. The summed E-state index contributed by atoms with van der Waals surface area (Å²) in [6.45, 7) is 0. The number of hydrogen-bond acceptors (Lipinski definition) is 6. The summed E-state index contributed by atoms with van der Waals surface area (Å²) < 4.78 is 10.3. The number of ether oxygens (including phenoxy) is 2. The Hall–Kier alpha value is -3.09. The van der Waals surface area contributed by atoms with Crippen LogP contribution in [0.5, 0.6) is 11.5 Å². The van der Waals surface area contributed by atoms with E-state index in [-0.39, 0.29) is 35.4 Å². The Morgan fingerprint density at radius 3 is 2.62 bits per heavy atom. The monoisotopic (exact) mass is 328 g/mol. The van der Waals surface area contributed by atoms with E-state index in [1.807, 2.05) is 12.1 Å². The number of carbonyl (C=O) groups excluding carboxylic acids is 1. The van der Waals surface area contributed by atoms with Gasteiger partial charge in [0.25, 0.3) is 0 Å². The van der Waals surface area contributed by atoms with Gasteiger partial charge < -0.3 is 14.8 Å². The molecule has 1 aliphatic rings. The van der Waals surface area contributed by atoms with Crippen LogP contribution in [0.15, 0.2) is 36.4 Å². The number of Topliss-reactive ketones (excluding diaryl/α,β-unsaturated/α-hetero) is 1. The van der Waals surface area contributed by atoms with Crippen molar-refractivity contribution in [3.8, 4) is 11.5 Å². The molecule has 0 aromatic heterocycles. The lowest BCUT2D eigenvalue weighted by Crippen LogP contribution is -2.22. The minimum atomic E-state index is -0.524. The standard InChI is InChI=1S/C17H16N2O5/c1-23-16-8-10(7-14(19(21)22)17(16)24-2)13-9-15(20)11-5-3-4-6-12(11)18-13/h3-8,13,18H,9H2,1-2H3. The first-order valence-electron chi connectivity index (χ1n) is 7.34. The van der Waals surface area contributed by atoms with Crippen molar-refractivity contribution >= 4 is 17.2 Å². The van der Waals surface area contributed by atoms with Crippen LogP contribution in [-0.2, 0) is 0 Å². The van der Waals surface area contributed by atoms with Crippen LogP contribution in [0.3, 0.4) is 0 Å². The summed E-state index contributed by atoms with van der Waals surface area (Å²) in [5.41, 5.74) is 1.75. The first-order chi connectivity index (χ1) is 11.5. The number of benzene rings is 2. The van der Waals surface area contributed by atoms with Gasteiger partial charge in [0.1, 0.15) is 0 Å². The second-order valence-corrected chi connectivity index (χ2v) is 5.40. The van der Waals surface area contributed by atoms with E-state index in [1.165, 1.54) is 20.3 Å². The van der Waals surface area contributed by atoms with Crippen molar-refractivity contribution in [1.29, 1.82) is 0 Å². The van der Waals surface area contributed by atoms with Gasteiger partial charge in [0.2, 0.25) is 5.75 Å². The molecule has 0 amide bonds. The molecule has 124 valence electrons. The number of nitrogens with one attached hydrogen (secondary N) is 1. The minimum Gasteiger partial charge on any atom is -0.493 e. The zero-order valence-electron chi connectivity index (χ0n) is 13.2. The fraction of sp³-hybridized carbons (Fsp3) is 0.235. The van der Waals surface area contributed by atoms with Crippen molar-refractivity contribution in [3.63, 3.8) is 0 Å². The van der Waals surface area contributed by atoms with Gasteiger partial charge in [0.15, 0.2) is 11.5 Å². The maximum Gasteiger partial charge on any atom is 0.315 e. The number of ketones is 1. The Balaban J connectivity index is 2.06. The lowest BCUT2D eigenvalue weighted by atomic mass is 9.92. The quantitative estimate of drug-likeness (QED) is 0.683. The molecule has 7 heteroatoms. The number of nitro groups is 1. The normalized spacial score (nSPS) is 16.1. The Kier molecular flexibility index (Phi) is 4.07. The Morgan fingerprint density at radius 2 is 1.96 bits per heavy atom. The molecule has 0 spiro atoms. The summed E-state index contributed by atoms with van der Waals surface area (Å²) in [5.74, 6) is 0.315. The molecule has 2 aromatic carbocycles. The second-order valence-electron chi connectivity index (χ2n) is 5.40. The smallest absolute Gasteiger partial charge is 0.315 e. The van der Waals surface area contributed by atoms with E-state index in [1.54, 1.807) is 18.2 Å². The molecule has 3 rings (SSSR count). The summed E-state index contributed by atoms with van der Waals surface area (Å²) in [4.78, 5) is 23.1. The van der Waals surface area contributed by atoms with Gasteiger partial charge in [-0.05, 0) is 23.8 Å². The van der Waals surface area contributed by atoms with Gasteiger partial charge >= 0.3 is 5.69 Å². The van der Waals surface area contributed by atoms with Crippen LogP contribution in [0, 0.1) is 10.1 Å². The number of para-hydroxylation sites is 1. The molecule has 1 atom stereocenters. The van der Waals surface area contributed by atoms with Crippen LogP contribution >= 0.6 is 0 Å². The van der Waals surface area contributed by atoms with E-state index in [0.717, 1.165) is 5.69 Å². The van der Waals surface area contributed by atoms with Gasteiger partial charge in [0.05, 0.1) is 25.2 Å². The summed E-state index contributed by atoms with van der Waals surface area (Å²) in [5, 5.41) is 14.6. The molecular formula is C17H16N2O5. The first kappa shape index (κ1) is 15.8. The molecule has 1 N–H and O–H groups in total. The van der Waals surface area contributed by atoms with Crippen molar-refractivity contribution in [3.05, 3.63) is 57.6 Å². The molecule has 1 heterocycles. The maximum absolute atomic E-state index is 12.3. The molecular weight excluding hydrogens is 312 g/mol. The number of methoxy groups -OCH3 is 2. The number of fused-ring (bicyclic) bond motifs is 1. The average Bonchev–Trinajstić information content (AvgIpc) is 2.60. The highest BCUT2D eigenvalue weighted by Gasteiger charge is 2.29. The van der Waals surface area contributed by atoms with Crippen molar-refractivity contribution in [2.24, 2.45) is 0 Å². The number of carbonyl (C=O) groups is 1. The third kappa shape index (κ3) is 2.64. The fourth-order valence-electron chi connectivity index (χ4n) is 2.89. The highest BCUT2D eigenvalue weighted by molar-refractivity contribution is 6.03. The highest BCUT2D eigenvalue weighted by Crippen LogP contribution is 2.42. The van der Waals surface area contributed by atoms with Crippen LogP contribution < -0.4 is 14.8 Å². The Labute approximate surface area is 138 Å². The summed E-state index contributed by atoms with van der Waals surface area (Å²) in [7, 11) is 2.77. The van der Waals surface area contributed by atoms with Gasteiger partial charge in [-0.15, -0.1) is 0 Å². The zero-order valence-corrected chi connectivity index (χ0v) is 13.2. The van der Waals surface area contributed by atoms with Crippen molar-refractivity contribution in [1.82, 2.24) is 0 Å². The molecule has 0 aliphatic carbocycles. The van der Waals surface area contributed by atoms with Gasteiger partial charge in [-0.25, -0.2) is 0 Å². The lowest BCUT2D eigenvalue weighted by Gasteiger charge is -2.26. The van der Waals surface area contributed by atoms with Gasteiger partial charge in [-0.1, -0.05) is 12.1 Å². The van der Waals surface area contributed by atoms with E-state index in [4.69, 9.17) is 9.47 Å². The maximum atomic E-state index is 12.3. The summed E-state index contributed by atoms with van der Waals surface area (Å²) >= 11 is 0. The molecule has 1 unspecified atom stereocenters. The number of hydrogen-bond donors (Lipinski definition) is 1. The zero-order chi connectivity index (χ0) is 17.3. The number of rotatable bonds is 4. The number of nitrogens with zero attached hydrogens (tertiary/aromatic N) is 1. The topological polar surface area (TPSA) is 90.7 Å². The Bertz CT molecular complexity index is 819. The second kappa shape index (κ2) is 6.19. The van der Waals surface area contributed by atoms with Gasteiger partial charge in [0, 0.05) is 23.7 Å². The van der Waals surface area contributed by atoms with E-state index in [9.17, 15) is 14.9 Å². The third-order valence-electron chi connectivity index (χ3n) is 4.03. The Morgan fingerprint density at radius 1 is 1.21 bits per heavy atom. The van der Waals surface area contributed by atoms with E-state index in [2.05, 4.69) is 5.32 Å². The van der Waals surface area contributed by atoms with E-state index >= 15 is 0 Å². The molecule has 24 heavy (non-hydrogen) atoms. The molecule has 0 radical (unpaired) electrons. The minimum absolute atomic E-state index is 0.00760. The van der Waals surface area contributed by atoms with Gasteiger partial charge in [-0.2, -0.15) is 0 Å². The van der Waals surface area contributed by atoms with Crippen molar-refractivity contribution in [2.45, 2.75) is 12.5 Å². The third-order valence-corrected chi connectivity index (χ3v) is 4.03. The average molecular weight is 328 g/mol. The molecule has 0 bridgehead atoms. The van der Waals surface area contributed by atoms with E-state index in [0.29, 0.717) is 11.1 Å². The van der Waals surface area contributed by atoms with Gasteiger partial charge in [-0.3, -0.25) is 14.9 Å². The molecule has 0 saturated heterocycles. The van der Waals surface area contributed by atoms with Crippen LogP contribution in [0.25, 0.3) is 0 Å². The van der Waals surface area contributed by atoms with Crippen LogP contribution in [-0.4, -0.2) is 24.9 Å². The van der Waals surface area contributed by atoms with Crippen LogP contribution in [0.4, 0.5) is 11.4 Å². The predicted molar refractivity (Wildman–Crippen MR) is 88.0 cm³/mol. The predicted octanol–water partition coefficient (Wildman–Crippen LogP) is 3.35. The number of nitro benzene ring substituents is 1. The molecule has 0 saturated carbocycles. The summed E-state index contributed by atoms with van der Waals surface area (Å²) in [6.07, 6.45) is 0.212. The number of anilines is 1. The first-order valence-corrected chi connectivity index (χ1v) is 7.34. The molecule has 1 aliphatic heterocycles. The lowest BCUT2D eigenvalue weighted by molar-refractivity contribution is -0.385. The summed E-state index contributed by atoms with van der Waals surface area (Å²) in [6, 6.07) is 9.92. The molecule has 2 aromatic rings.